The van der Waals surface area contributed by atoms with Crippen LogP contribution in [0.4, 0.5) is 0 Å². The molecule has 0 aromatic carbocycles. The second-order valence-corrected chi connectivity index (χ2v) is 3.38. The highest BCUT2D eigenvalue weighted by atomic mass is 15.1. The van der Waals surface area contributed by atoms with Crippen LogP contribution in [0.25, 0.3) is 0 Å². The Morgan fingerprint density at radius 3 is 1.92 bits per heavy atom. The molecule has 0 spiro atoms. The smallest absolute Gasteiger partial charge is 0.0533 e. The maximum absolute atomic E-state index is 3.80. The molecule has 0 aliphatic carbocycles. The number of nitrogens with zero attached hydrogens (tertiary/aromatic N) is 2. The second kappa shape index (κ2) is 4.86. The standard InChI is InChI=1S/C8H12N2.C2H6/c1-8(2,3)7-4-5-9-10-6-7;1-2/h4-6H,1-3H3;1-2H3. The lowest BCUT2D eigenvalue weighted by molar-refractivity contribution is 0.584. The summed E-state index contributed by atoms with van der Waals surface area (Å²) in [5.41, 5.74) is 1.41. The molecule has 0 radical (unpaired) electrons. The van der Waals surface area contributed by atoms with Crippen LogP contribution in [0.15, 0.2) is 18.5 Å². The van der Waals surface area contributed by atoms with E-state index in [4.69, 9.17) is 0 Å². The average molecular weight is 166 g/mol. The summed E-state index contributed by atoms with van der Waals surface area (Å²) in [5, 5.41) is 7.51. The number of hydrogen-bond donors (Lipinski definition) is 0. The van der Waals surface area contributed by atoms with E-state index in [1.54, 1.807) is 12.4 Å². The molecule has 2 heteroatoms. The van der Waals surface area contributed by atoms with Gasteiger partial charge in [0.05, 0.1) is 6.20 Å². The number of hydrogen-bond acceptors (Lipinski definition) is 2. The van der Waals surface area contributed by atoms with Gasteiger partial charge in [-0.1, -0.05) is 34.6 Å². The van der Waals surface area contributed by atoms with Gasteiger partial charge in [0.1, 0.15) is 0 Å². The van der Waals surface area contributed by atoms with E-state index < -0.39 is 0 Å². The molecule has 1 aromatic heterocycles. The van der Waals surface area contributed by atoms with Crippen molar-refractivity contribution in [3.05, 3.63) is 24.0 Å². The lowest BCUT2D eigenvalue weighted by atomic mass is 9.89. The summed E-state index contributed by atoms with van der Waals surface area (Å²) in [6, 6.07) is 1.99. The molecule has 0 bridgehead atoms. The van der Waals surface area contributed by atoms with Crippen LogP contribution in [0.3, 0.4) is 0 Å². The zero-order valence-corrected chi connectivity index (χ0v) is 8.63. The molecule has 0 N–H and O–H groups in total. The zero-order chi connectivity index (χ0) is 9.61. The zero-order valence-electron chi connectivity index (χ0n) is 8.63. The largest absolute Gasteiger partial charge is 0.159 e. The van der Waals surface area contributed by atoms with Crippen molar-refractivity contribution in [1.29, 1.82) is 0 Å². The Labute approximate surface area is 75.0 Å². The van der Waals surface area contributed by atoms with E-state index in [1.807, 2.05) is 19.9 Å². The van der Waals surface area contributed by atoms with Gasteiger partial charge in [0, 0.05) is 6.20 Å². The summed E-state index contributed by atoms with van der Waals surface area (Å²) in [6.07, 6.45) is 3.53. The molecular formula is C10H18N2. The van der Waals surface area contributed by atoms with Crippen LogP contribution >= 0.6 is 0 Å². The lowest BCUT2D eigenvalue weighted by Gasteiger charge is -2.16. The van der Waals surface area contributed by atoms with E-state index >= 15 is 0 Å². The highest BCUT2D eigenvalue weighted by Crippen LogP contribution is 2.19. The molecule has 1 rings (SSSR count). The molecule has 12 heavy (non-hydrogen) atoms. The Hall–Kier alpha value is -0.920. The van der Waals surface area contributed by atoms with Gasteiger partial charge >= 0.3 is 0 Å². The van der Waals surface area contributed by atoms with Crippen LogP contribution in [-0.2, 0) is 5.41 Å². The first-order chi connectivity index (χ1) is 5.61. The van der Waals surface area contributed by atoms with Crippen molar-refractivity contribution in [3.63, 3.8) is 0 Å². The summed E-state index contributed by atoms with van der Waals surface area (Å²) in [4.78, 5) is 0. The minimum absolute atomic E-state index is 0.190. The van der Waals surface area contributed by atoms with Crippen molar-refractivity contribution >= 4 is 0 Å². The third-order valence-corrected chi connectivity index (χ3v) is 1.45. The molecular weight excluding hydrogens is 148 g/mol. The summed E-state index contributed by atoms with van der Waals surface area (Å²) >= 11 is 0. The van der Waals surface area contributed by atoms with Crippen LogP contribution in [0.2, 0.25) is 0 Å². The molecule has 0 aliphatic rings. The fraction of sp³-hybridized carbons (Fsp3) is 0.600. The van der Waals surface area contributed by atoms with Gasteiger partial charge in [-0.2, -0.15) is 10.2 Å². The first-order valence-corrected chi connectivity index (χ1v) is 4.38. The van der Waals surface area contributed by atoms with Gasteiger partial charge in [-0.25, -0.2) is 0 Å². The number of aromatic nitrogens is 2. The van der Waals surface area contributed by atoms with Crippen molar-refractivity contribution < 1.29 is 0 Å². The predicted octanol–water partition coefficient (Wildman–Crippen LogP) is 2.80. The molecule has 2 nitrogen and oxygen atoms in total. The fourth-order valence-corrected chi connectivity index (χ4v) is 0.734. The highest BCUT2D eigenvalue weighted by molar-refractivity contribution is 5.15. The second-order valence-electron chi connectivity index (χ2n) is 3.38. The molecule has 0 aliphatic heterocycles. The Balaban J connectivity index is 0.000000561. The Kier molecular flexibility index (Phi) is 4.49. The topological polar surface area (TPSA) is 25.8 Å². The first-order valence-electron chi connectivity index (χ1n) is 4.38. The van der Waals surface area contributed by atoms with Gasteiger partial charge in [0.2, 0.25) is 0 Å². The van der Waals surface area contributed by atoms with Gasteiger partial charge in [-0.05, 0) is 17.0 Å². The highest BCUT2D eigenvalue weighted by Gasteiger charge is 2.12. The van der Waals surface area contributed by atoms with E-state index in [-0.39, 0.29) is 5.41 Å². The molecule has 1 heterocycles. The molecule has 0 saturated heterocycles. The molecule has 0 fully saturated rings. The van der Waals surface area contributed by atoms with Gasteiger partial charge in [-0.15, -0.1) is 0 Å². The van der Waals surface area contributed by atoms with E-state index in [0.29, 0.717) is 0 Å². The van der Waals surface area contributed by atoms with Crippen molar-refractivity contribution in [1.82, 2.24) is 10.2 Å². The van der Waals surface area contributed by atoms with Crippen LogP contribution < -0.4 is 0 Å². The summed E-state index contributed by atoms with van der Waals surface area (Å²) in [7, 11) is 0. The van der Waals surface area contributed by atoms with Crippen LogP contribution in [0.1, 0.15) is 40.2 Å². The molecule has 0 saturated carbocycles. The van der Waals surface area contributed by atoms with E-state index in [2.05, 4.69) is 31.0 Å². The maximum atomic E-state index is 3.80. The van der Waals surface area contributed by atoms with Crippen molar-refractivity contribution in [2.24, 2.45) is 0 Å². The van der Waals surface area contributed by atoms with Crippen molar-refractivity contribution in [2.45, 2.75) is 40.0 Å². The maximum Gasteiger partial charge on any atom is 0.0533 e. The van der Waals surface area contributed by atoms with E-state index in [9.17, 15) is 0 Å². The average Bonchev–Trinajstić information content (AvgIpc) is 2.08. The minimum Gasteiger partial charge on any atom is -0.159 e. The van der Waals surface area contributed by atoms with Gasteiger partial charge in [0.25, 0.3) is 0 Å². The minimum atomic E-state index is 0.190. The lowest BCUT2D eigenvalue weighted by Crippen LogP contribution is -2.11. The Morgan fingerprint density at radius 1 is 1.08 bits per heavy atom. The third kappa shape index (κ3) is 3.46. The Morgan fingerprint density at radius 2 is 1.67 bits per heavy atom. The van der Waals surface area contributed by atoms with Crippen LogP contribution in [0.5, 0.6) is 0 Å². The third-order valence-electron chi connectivity index (χ3n) is 1.45. The van der Waals surface area contributed by atoms with Crippen molar-refractivity contribution in [3.8, 4) is 0 Å². The summed E-state index contributed by atoms with van der Waals surface area (Å²) in [6.45, 7) is 10.5. The molecule has 68 valence electrons. The molecule has 1 aromatic rings. The van der Waals surface area contributed by atoms with Gasteiger partial charge < -0.3 is 0 Å². The van der Waals surface area contributed by atoms with Crippen LogP contribution in [0, 0.1) is 0 Å². The molecule has 0 atom stereocenters. The van der Waals surface area contributed by atoms with Gasteiger partial charge in [0.15, 0.2) is 0 Å². The first kappa shape index (κ1) is 11.1. The summed E-state index contributed by atoms with van der Waals surface area (Å²) in [5.74, 6) is 0. The molecule has 0 amide bonds. The van der Waals surface area contributed by atoms with Crippen molar-refractivity contribution in [2.75, 3.05) is 0 Å². The van der Waals surface area contributed by atoms with E-state index in [0.717, 1.165) is 0 Å². The SMILES string of the molecule is CC.CC(C)(C)c1ccnnc1. The summed E-state index contributed by atoms with van der Waals surface area (Å²) < 4.78 is 0. The normalized spacial score (nSPS) is 10.1. The van der Waals surface area contributed by atoms with Gasteiger partial charge in [-0.3, -0.25) is 0 Å². The van der Waals surface area contributed by atoms with Crippen LogP contribution in [-0.4, -0.2) is 10.2 Å². The predicted molar refractivity (Wildman–Crippen MR) is 52.1 cm³/mol. The monoisotopic (exact) mass is 166 g/mol. The Bertz CT molecular complexity index is 199. The quantitative estimate of drug-likeness (QED) is 0.592. The fourth-order valence-electron chi connectivity index (χ4n) is 0.734. The number of rotatable bonds is 0. The van der Waals surface area contributed by atoms with E-state index in [1.165, 1.54) is 5.56 Å². The molecule has 0 unspecified atom stereocenters.